The van der Waals surface area contributed by atoms with Gasteiger partial charge in [0.2, 0.25) is 10.0 Å². The zero-order valence-corrected chi connectivity index (χ0v) is 15.9. The fraction of sp³-hybridized carbons (Fsp3) is 0.500. The quantitative estimate of drug-likeness (QED) is 0.876. The largest absolute Gasteiger partial charge is 0.372 e. The molecule has 0 unspecified atom stereocenters. The standard InChI is InChI=1S/C20H26N2O3S/c23-26(24,20-9-8-17-5-1-2-6-18(17)15-20)22-12-10-21(11-13-22)16-19-7-3-4-14-25-19/h1-2,5-6,8-9,15,19H,3-4,7,10-14,16H2/p+1/t19-/m1/s1. The minimum Gasteiger partial charge on any atom is -0.372 e. The van der Waals surface area contributed by atoms with Crippen LogP contribution in [0.5, 0.6) is 0 Å². The lowest BCUT2D eigenvalue weighted by atomic mass is 10.1. The summed E-state index contributed by atoms with van der Waals surface area (Å²) in [5.41, 5.74) is 0. The lowest BCUT2D eigenvalue weighted by molar-refractivity contribution is -0.907. The molecule has 2 saturated heterocycles. The molecule has 0 aliphatic carbocycles. The van der Waals surface area contributed by atoms with Crippen molar-refractivity contribution in [2.75, 3.05) is 39.3 Å². The Bertz CT molecular complexity index is 854. The molecule has 2 aromatic rings. The van der Waals surface area contributed by atoms with Crippen LogP contribution in [0.2, 0.25) is 0 Å². The second-order valence-electron chi connectivity index (χ2n) is 7.36. The van der Waals surface area contributed by atoms with Crippen LogP contribution in [0.3, 0.4) is 0 Å². The Hall–Kier alpha value is -1.47. The van der Waals surface area contributed by atoms with Crippen LogP contribution < -0.4 is 4.90 Å². The number of sulfonamides is 1. The molecule has 1 N–H and O–H groups in total. The van der Waals surface area contributed by atoms with Crippen LogP contribution in [0.4, 0.5) is 0 Å². The van der Waals surface area contributed by atoms with Crippen molar-refractivity contribution in [2.45, 2.75) is 30.3 Å². The van der Waals surface area contributed by atoms with Crippen molar-refractivity contribution < 1.29 is 18.1 Å². The average molecular weight is 376 g/mol. The maximum atomic E-state index is 13.0. The minimum absolute atomic E-state index is 0.349. The lowest BCUT2D eigenvalue weighted by Crippen LogP contribution is -3.15. The van der Waals surface area contributed by atoms with Gasteiger partial charge in [0.1, 0.15) is 12.6 Å². The van der Waals surface area contributed by atoms with E-state index >= 15 is 0 Å². The molecule has 2 aliphatic rings. The highest BCUT2D eigenvalue weighted by Gasteiger charge is 2.31. The average Bonchev–Trinajstić information content (AvgIpc) is 2.69. The first-order chi connectivity index (χ1) is 12.6. The summed E-state index contributed by atoms with van der Waals surface area (Å²) in [6.07, 6.45) is 3.91. The van der Waals surface area contributed by atoms with Gasteiger partial charge >= 0.3 is 0 Å². The number of nitrogens with one attached hydrogen (secondary N) is 1. The van der Waals surface area contributed by atoms with E-state index in [1.165, 1.54) is 17.7 Å². The normalized spacial score (nSPS) is 23.3. The zero-order chi connectivity index (χ0) is 18.0. The predicted octanol–water partition coefficient (Wildman–Crippen LogP) is 1.30. The summed E-state index contributed by atoms with van der Waals surface area (Å²) < 4.78 is 33.5. The molecule has 2 fully saturated rings. The van der Waals surface area contributed by atoms with Gasteiger partial charge in [-0.25, -0.2) is 8.42 Å². The Morgan fingerprint density at radius 1 is 1.04 bits per heavy atom. The van der Waals surface area contributed by atoms with Crippen LogP contribution in [0.25, 0.3) is 10.8 Å². The van der Waals surface area contributed by atoms with E-state index in [9.17, 15) is 8.42 Å². The molecule has 0 bridgehead atoms. The highest BCUT2D eigenvalue weighted by atomic mass is 32.2. The number of hydrogen-bond donors (Lipinski definition) is 1. The fourth-order valence-corrected chi connectivity index (χ4v) is 5.49. The monoisotopic (exact) mass is 375 g/mol. The third-order valence-corrected chi connectivity index (χ3v) is 7.47. The van der Waals surface area contributed by atoms with E-state index in [1.807, 2.05) is 30.3 Å². The van der Waals surface area contributed by atoms with Gasteiger partial charge in [-0.15, -0.1) is 0 Å². The van der Waals surface area contributed by atoms with Gasteiger partial charge in [-0.05, 0) is 42.2 Å². The van der Waals surface area contributed by atoms with Gasteiger partial charge in [0, 0.05) is 6.61 Å². The number of benzene rings is 2. The number of nitrogens with zero attached hydrogens (tertiary/aromatic N) is 1. The second kappa shape index (κ2) is 7.64. The van der Waals surface area contributed by atoms with Crippen LogP contribution in [0, 0.1) is 0 Å². The van der Waals surface area contributed by atoms with E-state index in [4.69, 9.17) is 4.74 Å². The van der Waals surface area contributed by atoms with Crippen LogP contribution in [0.1, 0.15) is 19.3 Å². The summed E-state index contributed by atoms with van der Waals surface area (Å²) in [5.74, 6) is 0. The zero-order valence-electron chi connectivity index (χ0n) is 15.1. The van der Waals surface area contributed by atoms with Gasteiger partial charge in [0.05, 0.1) is 31.1 Å². The number of quaternary nitrogens is 1. The molecule has 2 aliphatic heterocycles. The molecule has 0 aromatic heterocycles. The Balaban J connectivity index is 1.42. The lowest BCUT2D eigenvalue weighted by Gasteiger charge is -2.34. The topological polar surface area (TPSA) is 51.0 Å². The second-order valence-corrected chi connectivity index (χ2v) is 9.29. The summed E-state index contributed by atoms with van der Waals surface area (Å²) in [5, 5.41) is 2.03. The molecular formula is C20H27N2O3S+. The van der Waals surface area contributed by atoms with Crippen molar-refractivity contribution in [3.63, 3.8) is 0 Å². The summed E-state index contributed by atoms with van der Waals surface area (Å²) in [4.78, 5) is 1.86. The van der Waals surface area contributed by atoms with Crippen molar-refractivity contribution in [2.24, 2.45) is 0 Å². The highest BCUT2D eigenvalue weighted by molar-refractivity contribution is 7.89. The SMILES string of the molecule is O=S(=O)(c1ccc2ccccc2c1)N1CC[NH+](C[C@H]2CCCCO2)CC1. The van der Waals surface area contributed by atoms with Crippen LogP contribution >= 0.6 is 0 Å². The third-order valence-electron chi connectivity index (χ3n) is 5.58. The van der Waals surface area contributed by atoms with E-state index in [0.29, 0.717) is 24.1 Å². The molecule has 6 heteroatoms. The Kier molecular flexibility index (Phi) is 5.27. The Morgan fingerprint density at radius 2 is 1.81 bits per heavy atom. The molecule has 4 rings (SSSR count). The molecule has 2 aromatic carbocycles. The van der Waals surface area contributed by atoms with Crippen molar-refractivity contribution in [1.29, 1.82) is 0 Å². The summed E-state index contributed by atoms with van der Waals surface area (Å²) in [6, 6.07) is 13.3. The van der Waals surface area contributed by atoms with Gasteiger partial charge in [0.25, 0.3) is 0 Å². The Morgan fingerprint density at radius 3 is 2.54 bits per heavy atom. The Labute approximate surface area is 155 Å². The van der Waals surface area contributed by atoms with Crippen LogP contribution in [-0.2, 0) is 14.8 Å². The molecule has 1 atom stereocenters. The molecule has 0 spiro atoms. The first-order valence-electron chi connectivity index (χ1n) is 9.57. The maximum absolute atomic E-state index is 13.0. The molecule has 0 saturated carbocycles. The first-order valence-corrected chi connectivity index (χ1v) is 11.0. The molecular weight excluding hydrogens is 348 g/mol. The van der Waals surface area contributed by atoms with Crippen LogP contribution in [-0.4, -0.2) is 58.2 Å². The predicted molar refractivity (Wildman–Crippen MR) is 102 cm³/mol. The van der Waals surface area contributed by atoms with Gasteiger partial charge in [-0.3, -0.25) is 0 Å². The van der Waals surface area contributed by atoms with Crippen LogP contribution in [0.15, 0.2) is 47.4 Å². The van der Waals surface area contributed by atoms with Crippen molar-refractivity contribution >= 4 is 20.8 Å². The van der Waals surface area contributed by atoms with E-state index in [2.05, 4.69) is 0 Å². The smallest absolute Gasteiger partial charge is 0.243 e. The number of rotatable bonds is 4. The molecule has 5 nitrogen and oxygen atoms in total. The number of piperazine rings is 1. The maximum Gasteiger partial charge on any atom is 0.243 e. The molecule has 2 heterocycles. The highest BCUT2D eigenvalue weighted by Crippen LogP contribution is 2.22. The third kappa shape index (κ3) is 3.78. The van der Waals surface area contributed by atoms with E-state index in [0.717, 1.165) is 43.4 Å². The van der Waals surface area contributed by atoms with Gasteiger partial charge in [0.15, 0.2) is 0 Å². The van der Waals surface area contributed by atoms with Gasteiger partial charge in [-0.2, -0.15) is 4.31 Å². The number of ether oxygens (including phenoxy) is 1. The summed E-state index contributed by atoms with van der Waals surface area (Å²) >= 11 is 0. The summed E-state index contributed by atoms with van der Waals surface area (Å²) in [7, 11) is -3.42. The van der Waals surface area contributed by atoms with E-state index < -0.39 is 10.0 Å². The molecule has 140 valence electrons. The molecule has 0 radical (unpaired) electrons. The van der Waals surface area contributed by atoms with Crippen molar-refractivity contribution in [1.82, 2.24) is 4.31 Å². The number of hydrogen-bond acceptors (Lipinski definition) is 3. The van der Waals surface area contributed by atoms with E-state index in [-0.39, 0.29) is 0 Å². The summed E-state index contributed by atoms with van der Waals surface area (Å²) in [6.45, 7) is 4.75. The minimum atomic E-state index is -3.42. The van der Waals surface area contributed by atoms with Crippen molar-refractivity contribution in [3.8, 4) is 0 Å². The molecule has 26 heavy (non-hydrogen) atoms. The number of fused-ring (bicyclic) bond motifs is 1. The first kappa shape index (κ1) is 17.9. The molecule has 0 amide bonds. The van der Waals surface area contributed by atoms with Crippen molar-refractivity contribution in [3.05, 3.63) is 42.5 Å². The fourth-order valence-electron chi connectivity index (χ4n) is 4.01. The van der Waals surface area contributed by atoms with E-state index in [1.54, 1.807) is 16.4 Å². The van der Waals surface area contributed by atoms with Gasteiger partial charge < -0.3 is 9.64 Å². The van der Waals surface area contributed by atoms with Gasteiger partial charge in [-0.1, -0.05) is 30.3 Å².